The van der Waals surface area contributed by atoms with Gasteiger partial charge in [0.25, 0.3) is 5.91 Å². The summed E-state index contributed by atoms with van der Waals surface area (Å²) in [4.78, 5) is 30.5. The minimum absolute atomic E-state index is 0.0255. The maximum atomic E-state index is 11.8. The van der Waals surface area contributed by atoms with E-state index in [0.29, 0.717) is 28.4 Å². The summed E-state index contributed by atoms with van der Waals surface area (Å²) in [6.45, 7) is 1.94. The summed E-state index contributed by atoms with van der Waals surface area (Å²) in [5, 5.41) is 8.57. The number of Topliss-reactive ketones (excluding diaryl/α,β-unsaturated/α-hetero) is 1. The molecular weight excluding hydrogens is 378 g/mol. The van der Waals surface area contributed by atoms with Crippen LogP contribution in [0.3, 0.4) is 0 Å². The first-order valence-electron chi connectivity index (χ1n) is 8.37. The summed E-state index contributed by atoms with van der Waals surface area (Å²) < 4.78 is 5.78. The standard InChI is InChI=1S/C19H15N5O3S/c1-11(25)15-8-7-13(28-15)10-24-21-9-14(23-24)19-22-16(18(20)26)17(27-19)12-5-3-2-4-6-12/h2-9H,10H2,1H3,(H2,20,26). The van der Waals surface area contributed by atoms with Gasteiger partial charge in [-0.1, -0.05) is 30.3 Å². The minimum Gasteiger partial charge on any atom is -0.434 e. The molecular formula is C19H15N5O3S. The van der Waals surface area contributed by atoms with Gasteiger partial charge in [-0.2, -0.15) is 9.90 Å². The number of carbonyl (C=O) groups is 2. The fraction of sp³-hybridized carbons (Fsp3) is 0.105. The first kappa shape index (κ1) is 17.8. The quantitative estimate of drug-likeness (QED) is 0.503. The fourth-order valence-corrected chi connectivity index (χ4v) is 3.52. The minimum atomic E-state index is -0.684. The molecule has 3 heterocycles. The molecule has 0 aliphatic heterocycles. The van der Waals surface area contributed by atoms with Crippen LogP contribution in [0.25, 0.3) is 22.9 Å². The second-order valence-corrected chi connectivity index (χ2v) is 7.18. The Morgan fingerprint density at radius 2 is 1.96 bits per heavy atom. The van der Waals surface area contributed by atoms with Crippen molar-refractivity contribution >= 4 is 23.0 Å². The molecule has 0 atom stereocenters. The molecule has 8 nitrogen and oxygen atoms in total. The lowest BCUT2D eigenvalue weighted by Crippen LogP contribution is -2.12. The number of hydrogen-bond donors (Lipinski definition) is 1. The molecule has 0 saturated heterocycles. The number of aromatic nitrogens is 4. The Kier molecular flexibility index (Phi) is 4.58. The molecule has 0 radical (unpaired) electrons. The van der Waals surface area contributed by atoms with E-state index in [9.17, 15) is 9.59 Å². The number of oxazole rings is 1. The van der Waals surface area contributed by atoms with Crippen molar-refractivity contribution < 1.29 is 14.0 Å². The van der Waals surface area contributed by atoms with E-state index in [1.807, 2.05) is 24.3 Å². The molecule has 0 aliphatic rings. The summed E-state index contributed by atoms with van der Waals surface area (Å²) in [7, 11) is 0. The molecule has 2 N–H and O–H groups in total. The Bertz CT molecular complexity index is 1160. The van der Waals surface area contributed by atoms with Crippen LogP contribution in [0, 0.1) is 0 Å². The third kappa shape index (κ3) is 3.47. The molecule has 0 spiro atoms. The van der Waals surface area contributed by atoms with Crippen molar-refractivity contribution in [3.05, 3.63) is 64.1 Å². The first-order valence-corrected chi connectivity index (χ1v) is 9.19. The predicted molar refractivity (Wildman–Crippen MR) is 103 cm³/mol. The van der Waals surface area contributed by atoms with E-state index in [4.69, 9.17) is 10.2 Å². The van der Waals surface area contributed by atoms with E-state index in [1.54, 1.807) is 18.2 Å². The van der Waals surface area contributed by atoms with Crippen molar-refractivity contribution in [2.75, 3.05) is 0 Å². The normalized spacial score (nSPS) is 10.9. The van der Waals surface area contributed by atoms with Crippen LogP contribution in [0.2, 0.25) is 0 Å². The summed E-state index contributed by atoms with van der Waals surface area (Å²) >= 11 is 1.40. The van der Waals surface area contributed by atoms with Crippen molar-refractivity contribution in [2.24, 2.45) is 5.73 Å². The summed E-state index contributed by atoms with van der Waals surface area (Å²) in [6, 6.07) is 12.8. The summed E-state index contributed by atoms with van der Waals surface area (Å²) in [6.07, 6.45) is 1.50. The lowest BCUT2D eigenvalue weighted by Gasteiger charge is -1.97. The van der Waals surface area contributed by atoms with E-state index in [1.165, 1.54) is 29.3 Å². The Balaban J connectivity index is 1.63. The first-order chi connectivity index (χ1) is 13.5. The molecule has 0 aliphatic carbocycles. The second-order valence-electron chi connectivity index (χ2n) is 6.01. The van der Waals surface area contributed by atoms with Gasteiger partial charge in [0.15, 0.2) is 22.9 Å². The molecule has 9 heteroatoms. The van der Waals surface area contributed by atoms with E-state index >= 15 is 0 Å². The molecule has 0 saturated carbocycles. The zero-order valence-electron chi connectivity index (χ0n) is 14.8. The predicted octanol–water partition coefficient (Wildman–Crippen LogP) is 3.01. The second kappa shape index (κ2) is 7.20. The number of carbonyl (C=O) groups excluding carboxylic acids is 2. The van der Waals surface area contributed by atoms with Crippen LogP contribution in [0.4, 0.5) is 0 Å². The van der Waals surface area contributed by atoms with E-state index in [0.717, 1.165) is 4.88 Å². The highest BCUT2D eigenvalue weighted by Gasteiger charge is 2.22. The van der Waals surface area contributed by atoms with Gasteiger partial charge in [0.2, 0.25) is 5.89 Å². The van der Waals surface area contributed by atoms with E-state index in [2.05, 4.69) is 15.2 Å². The third-order valence-corrected chi connectivity index (χ3v) is 5.13. The van der Waals surface area contributed by atoms with Gasteiger partial charge in [-0.15, -0.1) is 16.4 Å². The summed E-state index contributed by atoms with van der Waals surface area (Å²) in [5.41, 5.74) is 6.57. The monoisotopic (exact) mass is 393 g/mol. The molecule has 0 fully saturated rings. The van der Waals surface area contributed by atoms with Crippen molar-refractivity contribution in [2.45, 2.75) is 13.5 Å². The van der Waals surface area contributed by atoms with Gasteiger partial charge in [-0.3, -0.25) is 9.59 Å². The Morgan fingerprint density at radius 3 is 2.64 bits per heavy atom. The molecule has 1 amide bonds. The fourth-order valence-electron chi connectivity index (χ4n) is 2.64. The smallest absolute Gasteiger partial charge is 0.271 e. The zero-order chi connectivity index (χ0) is 19.7. The van der Waals surface area contributed by atoms with E-state index < -0.39 is 5.91 Å². The largest absolute Gasteiger partial charge is 0.434 e. The molecule has 140 valence electrons. The van der Waals surface area contributed by atoms with Gasteiger partial charge in [-0.05, 0) is 19.1 Å². The molecule has 0 unspecified atom stereocenters. The van der Waals surface area contributed by atoms with Crippen LogP contribution in [0.15, 0.2) is 53.1 Å². The lowest BCUT2D eigenvalue weighted by atomic mass is 10.1. The number of hydrogen-bond acceptors (Lipinski definition) is 7. The van der Waals surface area contributed by atoms with Crippen molar-refractivity contribution in [3.8, 4) is 22.9 Å². The highest BCUT2D eigenvalue weighted by molar-refractivity contribution is 7.14. The zero-order valence-corrected chi connectivity index (χ0v) is 15.6. The SMILES string of the molecule is CC(=O)c1ccc(Cn2ncc(-c3nc(C(N)=O)c(-c4ccccc4)o3)n2)s1. The average Bonchev–Trinajstić information content (AvgIpc) is 3.42. The maximum absolute atomic E-state index is 11.8. The average molecular weight is 393 g/mol. The molecule has 28 heavy (non-hydrogen) atoms. The van der Waals surface area contributed by atoms with Gasteiger partial charge in [0.05, 0.1) is 17.6 Å². The number of nitrogens with zero attached hydrogens (tertiary/aromatic N) is 4. The van der Waals surface area contributed by atoms with Crippen LogP contribution in [-0.4, -0.2) is 31.7 Å². The van der Waals surface area contributed by atoms with Gasteiger partial charge >= 0.3 is 0 Å². The third-order valence-electron chi connectivity index (χ3n) is 3.96. The van der Waals surface area contributed by atoms with Crippen LogP contribution in [0.1, 0.15) is 32.0 Å². The van der Waals surface area contributed by atoms with Crippen LogP contribution in [0.5, 0.6) is 0 Å². The van der Waals surface area contributed by atoms with Crippen LogP contribution < -0.4 is 5.73 Å². The lowest BCUT2D eigenvalue weighted by molar-refractivity contribution is 0.0993. The summed E-state index contributed by atoms with van der Waals surface area (Å²) in [5.74, 6) is -0.203. The highest BCUT2D eigenvalue weighted by Crippen LogP contribution is 2.28. The van der Waals surface area contributed by atoms with Crippen molar-refractivity contribution in [3.63, 3.8) is 0 Å². The molecule has 0 bridgehead atoms. The Morgan fingerprint density at radius 1 is 1.18 bits per heavy atom. The van der Waals surface area contributed by atoms with Gasteiger partial charge in [0, 0.05) is 10.4 Å². The molecule has 4 rings (SSSR count). The van der Waals surface area contributed by atoms with Crippen LogP contribution in [-0.2, 0) is 6.54 Å². The van der Waals surface area contributed by atoms with Crippen molar-refractivity contribution in [1.82, 2.24) is 20.0 Å². The number of ketones is 1. The number of benzene rings is 1. The Hall–Kier alpha value is -3.59. The van der Waals surface area contributed by atoms with E-state index in [-0.39, 0.29) is 17.4 Å². The van der Waals surface area contributed by atoms with Crippen molar-refractivity contribution in [1.29, 1.82) is 0 Å². The topological polar surface area (TPSA) is 117 Å². The van der Waals surface area contributed by atoms with Gasteiger partial charge in [0.1, 0.15) is 0 Å². The molecule has 1 aromatic carbocycles. The maximum Gasteiger partial charge on any atom is 0.271 e. The highest BCUT2D eigenvalue weighted by atomic mass is 32.1. The number of primary amides is 1. The number of nitrogens with two attached hydrogens (primary N) is 1. The molecule has 3 aromatic heterocycles. The van der Waals surface area contributed by atoms with Gasteiger partial charge < -0.3 is 10.2 Å². The van der Waals surface area contributed by atoms with Gasteiger partial charge in [-0.25, -0.2) is 4.98 Å². The number of thiophene rings is 1. The number of amides is 1. The van der Waals surface area contributed by atoms with Crippen LogP contribution >= 0.6 is 11.3 Å². The molecule has 4 aromatic rings. The number of rotatable bonds is 6. The Labute approximate surface area is 163 Å².